The van der Waals surface area contributed by atoms with Crippen LogP contribution in [-0.2, 0) is 0 Å². The second kappa shape index (κ2) is 6.49. The summed E-state index contributed by atoms with van der Waals surface area (Å²) in [7, 11) is 0. The van der Waals surface area contributed by atoms with E-state index in [4.69, 9.17) is 11.6 Å². The summed E-state index contributed by atoms with van der Waals surface area (Å²) in [6.45, 7) is 0. The van der Waals surface area contributed by atoms with E-state index in [2.05, 4.69) is 15.0 Å². The number of halogens is 5. The molecule has 10 heteroatoms. The smallest absolute Gasteiger partial charge is 0.406 e. The van der Waals surface area contributed by atoms with Crippen LogP contribution in [0.2, 0.25) is 5.02 Å². The highest BCUT2D eigenvalue weighted by Crippen LogP contribution is 2.32. The lowest BCUT2D eigenvalue weighted by Crippen LogP contribution is -2.16. The van der Waals surface area contributed by atoms with Gasteiger partial charge in [-0.05, 0) is 30.3 Å². The van der Waals surface area contributed by atoms with Crippen LogP contribution in [0.5, 0.6) is 5.75 Å². The van der Waals surface area contributed by atoms with E-state index in [0.29, 0.717) is 10.2 Å². The number of ether oxygens (including phenoxy) is 1. The number of thiazole rings is 1. The van der Waals surface area contributed by atoms with Crippen LogP contribution in [0.25, 0.3) is 10.2 Å². The fraction of sp³-hybridized carbons (Fsp3) is 0.0667. The molecule has 0 saturated carbocycles. The van der Waals surface area contributed by atoms with Crippen molar-refractivity contribution in [1.82, 2.24) is 4.98 Å². The van der Waals surface area contributed by atoms with Crippen molar-refractivity contribution in [3.8, 4) is 5.75 Å². The van der Waals surface area contributed by atoms with Gasteiger partial charge in [-0.1, -0.05) is 22.9 Å². The monoisotopic (exact) mass is 390 g/mol. The molecule has 0 aliphatic heterocycles. The van der Waals surface area contributed by atoms with Gasteiger partial charge in [-0.3, -0.25) is 10.1 Å². The van der Waals surface area contributed by atoms with Crippen LogP contribution in [-0.4, -0.2) is 17.3 Å². The lowest BCUT2D eigenvalue weighted by Gasteiger charge is -2.07. The molecule has 0 aliphatic rings. The van der Waals surface area contributed by atoms with Crippen molar-refractivity contribution >= 4 is 44.2 Å². The van der Waals surface area contributed by atoms with Gasteiger partial charge < -0.3 is 4.74 Å². The average Bonchev–Trinajstić information content (AvgIpc) is 2.86. The first-order valence-electron chi connectivity index (χ1n) is 6.64. The van der Waals surface area contributed by atoms with Crippen LogP contribution in [0.3, 0.4) is 0 Å². The zero-order valence-corrected chi connectivity index (χ0v) is 13.6. The van der Waals surface area contributed by atoms with Crippen molar-refractivity contribution in [2.45, 2.75) is 6.36 Å². The number of carbonyl (C=O) groups is 1. The molecule has 3 rings (SSSR count). The SMILES string of the molecule is O=C(Nc1nc2ccc(OC(F)(F)F)cc2s1)c1ccc(F)cc1Cl. The number of amides is 1. The maximum absolute atomic E-state index is 13.0. The van der Waals surface area contributed by atoms with Gasteiger partial charge in [0.25, 0.3) is 5.91 Å². The minimum Gasteiger partial charge on any atom is -0.406 e. The van der Waals surface area contributed by atoms with E-state index in [1.165, 1.54) is 18.2 Å². The van der Waals surface area contributed by atoms with Crippen LogP contribution >= 0.6 is 22.9 Å². The minimum atomic E-state index is -4.80. The van der Waals surface area contributed by atoms with Crippen LogP contribution in [0.15, 0.2) is 36.4 Å². The Bertz CT molecular complexity index is 958. The topological polar surface area (TPSA) is 51.2 Å². The van der Waals surface area contributed by atoms with E-state index in [0.717, 1.165) is 29.5 Å². The minimum absolute atomic E-state index is 0.0448. The number of rotatable bonds is 3. The van der Waals surface area contributed by atoms with Gasteiger partial charge in [0, 0.05) is 6.07 Å². The van der Waals surface area contributed by atoms with Crippen molar-refractivity contribution in [2.75, 3.05) is 5.32 Å². The predicted octanol–water partition coefficient (Wildman–Crippen LogP) is 5.24. The Morgan fingerprint density at radius 3 is 2.64 bits per heavy atom. The van der Waals surface area contributed by atoms with Gasteiger partial charge in [0.05, 0.1) is 20.8 Å². The molecule has 1 heterocycles. The molecule has 0 bridgehead atoms. The Kier molecular flexibility index (Phi) is 4.53. The summed E-state index contributed by atoms with van der Waals surface area (Å²) >= 11 is 6.77. The first-order chi connectivity index (χ1) is 11.7. The summed E-state index contributed by atoms with van der Waals surface area (Å²) in [5.74, 6) is -1.59. The molecule has 1 amide bonds. The highest BCUT2D eigenvalue weighted by atomic mass is 35.5. The second-order valence-electron chi connectivity index (χ2n) is 4.77. The molecule has 0 radical (unpaired) electrons. The molecule has 25 heavy (non-hydrogen) atoms. The number of hydrogen-bond acceptors (Lipinski definition) is 4. The molecule has 0 aliphatic carbocycles. The number of nitrogens with zero attached hydrogens (tertiary/aromatic N) is 1. The number of nitrogens with one attached hydrogen (secondary N) is 1. The van der Waals surface area contributed by atoms with Crippen LogP contribution in [0, 0.1) is 5.82 Å². The van der Waals surface area contributed by atoms with E-state index < -0.39 is 18.1 Å². The van der Waals surface area contributed by atoms with E-state index in [1.54, 1.807) is 0 Å². The molecule has 0 atom stereocenters. The van der Waals surface area contributed by atoms with E-state index >= 15 is 0 Å². The maximum atomic E-state index is 13.0. The standard InChI is InChI=1S/C15H7ClF4N2O2S/c16-10-5-7(17)1-3-9(10)13(23)22-14-21-11-4-2-8(6-12(11)25-14)24-15(18,19)20/h1-6H,(H,21,22,23). The van der Waals surface area contributed by atoms with Gasteiger partial charge in [0.1, 0.15) is 11.6 Å². The molecular weight excluding hydrogens is 384 g/mol. The Morgan fingerprint density at radius 1 is 1.20 bits per heavy atom. The van der Waals surface area contributed by atoms with Crippen molar-refractivity contribution in [2.24, 2.45) is 0 Å². The summed E-state index contributed by atoms with van der Waals surface area (Å²) in [6, 6.07) is 6.93. The number of anilines is 1. The van der Waals surface area contributed by atoms with Gasteiger partial charge in [-0.2, -0.15) is 0 Å². The number of benzene rings is 2. The molecular formula is C15H7ClF4N2O2S. The van der Waals surface area contributed by atoms with Gasteiger partial charge in [-0.15, -0.1) is 13.2 Å². The second-order valence-corrected chi connectivity index (χ2v) is 6.21. The quantitative estimate of drug-likeness (QED) is 0.622. The summed E-state index contributed by atoms with van der Waals surface area (Å²) in [6.07, 6.45) is -4.80. The molecule has 0 unspecified atom stereocenters. The maximum Gasteiger partial charge on any atom is 0.573 e. The number of carbonyl (C=O) groups excluding carboxylic acids is 1. The third-order valence-electron chi connectivity index (χ3n) is 2.99. The van der Waals surface area contributed by atoms with Crippen LogP contribution < -0.4 is 10.1 Å². The number of alkyl halides is 3. The number of hydrogen-bond donors (Lipinski definition) is 1. The molecule has 0 saturated heterocycles. The van der Waals surface area contributed by atoms with Gasteiger partial charge in [-0.25, -0.2) is 9.37 Å². The van der Waals surface area contributed by atoms with E-state index in [9.17, 15) is 22.4 Å². The lowest BCUT2D eigenvalue weighted by atomic mass is 10.2. The van der Waals surface area contributed by atoms with E-state index in [-0.39, 0.29) is 21.5 Å². The highest BCUT2D eigenvalue weighted by Gasteiger charge is 2.31. The summed E-state index contributed by atoms with van der Waals surface area (Å²) in [5.41, 5.74) is 0.434. The zero-order valence-electron chi connectivity index (χ0n) is 12.0. The third-order valence-corrected chi connectivity index (χ3v) is 4.24. The fourth-order valence-corrected chi connectivity index (χ4v) is 3.14. The Labute approximate surface area is 147 Å². The van der Waals surface area contributed by atoms with Crippen LogP contribution in [0.4, 0.5) is 22.7 Å². The molecule has 0 spiro atoms. The predicted molar refractivity (Wildman–Crippen MR) is 85.7 cm³/mol. The van der Waals surface area contributed by atoms with Gasteiger partial charge >= 0.3 is 6.36 Å². The van der Waals surface area contributed by atoms with Crippen LogP contribution in [0.1, 0.15) is 10.4 Å². The molecule has 1 aromatic heterocycles. The normalized spacial score (nSPS) is 11.6. The largest absolute Gasteiger partial charge is 0.573 e. The van der Waals surface area contributed by atoms with Gasteiger partial charge in [0.2, 0.25) is 0 Å². The average molecular weight is 391 g/mol. The van der Waals surface area contributed by atoms with Gasteiger partial charge in [0.15, 0.2) is 5.13 Å². The zero-order chi connectivity index (χ0) is 18.2. The fourth-order valence-electron chi connectivity index (χ4n) is 1.99. The Morgan fingerprint density at radius 2 is 1.96 bits per heavy atom. The van der Waals surface area contributed by atoms with Crippen molar-refractivity contribution in [3.63, 3.8) is 0 Å². The molecule has 1 N–H and O–H groups in total. The molecule has 3 aromatic rings. The molecule has 0 fully saturated rings. The molecule has 130 valence electrons. The molecule has 4 nitrogen and oxygen atoms in total. The Hall–Kier alpha value is -2.39. The van der Waals surface area contributed by atoms with Crippen molar-refractivity contribution < 1.29 is 27.1 Å². The summed E-state index contributed by atoms with van der Waals surface area (Å²) in [5, 5.41) is 2.56. The summed E-state index contributed by atoms with van der Waals surface area (Å²) in [4.78, 5) is 16.2. The lowest BCUT2D eigenvalue weighted by molar-refractivity contribution is -0.274. The Balaban J connectivity index is 1.83. The third kappa shape index (κ3) is 4.18. The number of aromatic nitrogens is 1. The van der Waals surface area contributed by atoms with Crippen molar-refractivity contribution in [1.29, 1.82) is 0 Å². The first-order valence-corrected chi connectivity index (χ1v) is 7.83. The highest BCUT2D eigenvalue weighted by molar-refractivity contribution is 7.22. The number of fused-ring (bicyclic) bond motifs is 1. The molecule has 2 aromatic carbocycles. The summed E-state index contributed by atoms with van der Waals surface area (Å²) < 4.78 is 54.0. The van der Waals surface area contributed by atoms with Crippen molar-refractivity contribution in [3.05, 3.63) is 52.8 Å². The first kappa shape index (κ1) is 17.4. The van der Waals surface area contributed by atoms with E-state index in [1.807, 2.05) is 0 Å².